The van der Waals surface area contributed by atoms with E-state index in [0.717, 1.165) is 13.1 Å². The van der Waals surface area contributed by atoms with Crippen molar-refractivity contribution < 1.29 is 28.5 Å². The van der Waals surface area contributed by atoms with Gasteiger partial charge >= 0.3 is 0 Å². The summed E-state index contributed by atoms with van der Waals surface area (Å²) in [6.45, 7) is 4.39. The standard InChI is InChI=1S/C21H35NO6/c1-25-15-17-27-13-8-20(23)19(21(24)9-14-28-18-16-26-2)7-6-12-22-10-4-3-5-11-22/h6-7,12H,3-5,8-11,13-18H2,1-2H3/b12-6+. The number of hydrogen-bond acceptors (Lipinski definition) is 7. The second-order valence-corrected chi connectivity index (χ2v) is 6.58. The average Bonchev–Trinajstić information content (AvgIpc) is 2.71. The van der Waals surface area contributed by atoms with E-state index in [-0.39, 0.29) is 43.2 Å². The van der Waals surface area contributed by atoms with Crippen molar-refractivity contribution in [1.82, 2.24) is 4.90 Å². The zero-order valence-corrected chi connectivity index (χ0v) is 17.3. The molecular formula is C21H35NO6. The summed E-state index contributed by atoms with van der Waals surface area (Å²) in [6.07, 6.45) is 9.34. The molecule has 1 fully saturated rings. The second-order valence-electron chi connectivity index (χ2n) is 6.58. The molecule has 7 nitrogen and oxygen atoms in total. The van der Waals surface area contributed by atoms with Crippen molar-refractivity contribution in [1.29, 1.82) is 0 Å². The Morgan fingerprint density at radius 1 is 0.786 bits per heavy atom. The number of ketones is 2. The van der Waals surface area contributed by atoms with Crippen LogP contribution in [0, 0.1) is 0 Å². The van der Waals surface area contributed by atoms with E-state index in [1.165, 1.54) is 19.3 Å². The van der Waals surface area contributed by atoms with E-state index in [0.29, 0.717) is 26.4 Å². The number of allylic oxidation sites excluding steroid dienone is 3. The number of methoxy groups -OCH3 is 2. The first kappa shape index (κ1) is 24.5. The number of likely N-dealkylation sites (tertiary alicyclic amines) is 1. The van der Waals surface area contributed by atoms with Crippen LogP contribution in [0.15, 0.2) is 23.9 Å². The molecule has 1 saturated heterocycles. The van der Waals surface area contributed by atoms with Gasteiger partial charge in [0, 0.05) is 40.2 Å². The fourth-order valence-corrected chi connectivity index (χ4v) is 2.76. The first-order chi connectivity index (χ1) is 13.7. The molecule has 0 N–H and O–H groups in total. The summed E-state index contributed by atoms with van der Waals surface area (Å²) in [5, 5.41) is 0. The molecule has 0 aromatic heterocycles. The lowest BCUT2D eigenvalue weighted by molar-refractivity contribution is -0.122. The Bertz CT molecular complexity index is 469. The highest BCUT2D eigenvalue weighted by molar-refractivity contribution is 6.20. The number of carbonyl (C=O) groups is 2. The summed E-state index contributed by atoms with van der Waals surface area (Å²) < 4.78 is 20.5. The van der Waals surface area contributed by atoms with Gasteiger partial charge in [0.1, 0.15) is 0 Å². The molecule has 0 aromatic carbocycles. The van der Waals surface area contributed by atoms with E-state index in [4.69, 9.17) is 18.9 Å². The van der Waals surface area contributed by atoms with Gasteiger partial charge in [-0.3, -0.25) is 9.59 Å². The maximum Gasteiger partial charge on any atom is 0.168 e. The summed E-state index contributed by atoms with van der Waals surface area (Å²) in [6, 6.07) is 0. The molecule has 0 spiro atoms. The van der Waals surface area contributed by atoms with Crippen LogP contribution >= 0.6 is 0 Å². The minimum Gasteiger partial charge on any atom is -0.382 e. The van der Waals surface area contributed by atoms with Crippen LogP contribution in [0.4, 0.5) is 0 Å². The average molecular weight is 398 g/mol. The number of nitrogens with zero attached hydrogens (tertiary/aromatic N) is 1. The number of ether oxygens (including phenoxy) is 4. The van der Waals surface area contributed by atoms with Crippen LogP contribution in [0.2, 0.25) is 0 Å². The predicted octanol–water partition coefficient (Wildman–Crippen LogP) is 2.16. The minimum atomic E-state index is -0.206. The summed E-state index contributed by atoms with van der Waals surface area (Å²) >= 11 is 0. The molecule has 1 aliphatic heterocycles. The van der Waals surface area contributed by atoms with E-state index < -0.39 is 0 Å². The van der Waals surface area contributed by atoms with Gasteiger partial charge in [-0.05, 0) is 37.6 Å². The normalized spacial score (nSPS) is 14.4. The molecule has 0 bridgehead atoms. The highest BCUT2D eigenvalue weighted by atomic mass is 16.5. The van der Waals surface area contributed by atoms with Gasteiger partial charge in [-0.25, -0.2) is 0 Å². The van der Waals surface area contributed by atoms with Crippen LogP contribution in [0.5, 0.6) is 0 Å². The Morgan fingerprint density at radius 2 is 1.32 bits per heavy atom. The van der Waals surface area contributed by atoms with Gasteiger partial charge in [-0.15, -0.1) is 0 Å². The molecule has 1 rings (SSSR count). The van der Waals surface area contributed by atoms with E-state index in [1.807, 2.05) is 6.20 Å². The topological polar surface area (TPSA) is 74.3 Å². The Kier molecular flexibility index (Phi) is 14.4. The van der Waals surface area contributed by atoms with Crippen LogP contribution < -0.4 is 0 Å². The summed E-state index contributed by atoms with van der Waals surface area (Å²) in [5.41, 5.74) is 0.207. The van der Waals surface area contributed by atoms with Crippen molar-refractivity contribution in [2.75, 3.05) is 67.0 Å². The number of Topliss-reactive ketones (excluding diaryl/α,β-unsaturated/α-hetero) is 2. The molecule has 0 aliphatic carbocycles. The fraction of sp³-hybridized carbons (Fsp3) is 0.714. The van der Waals surface area contributed by atoms with Crippen molar-refractivity contribution in [2.45, 2.75) is 32.1 Å². The van der Waals surface area contributed by atoms with E-state index in [2.05, 4.69) is 4.90 Å². The van der Waals surface area contributed by atoms with Crippen molar-refractivity contribution in [2.24, 2.45) is 0 Å². The number of piperidine rings is 1. The number of carbonyl (C=O) groups excluding carboxylic acids is 2. The highest BCUT2D eigenvalue weighted by Crippen LogP contribution is 2.10. The van der Waals surface area contributed by atoms with Crippen molar-refractivity contribution in [3.8, 4) is 0 Å². The Morgan fingerprint density at radius 3 is 1.82 bits per heavy atom. The van der Waals surface area contributed by atoms with Crippen molar-refractivity contribution in [3.63, 3.8) is 0 Å². The van der Waals surface area contributed by atoms with Crippen LogP contribution in [0.3, 0.4) is 0 Å². The molecule has 28 heavy (non-hydrogen) atoms. The quantitative estimate of drug-likeness (QED) is 0.130. The Hall–Kier alpha value is -1.54. The fourth-order valence-electron chi connectivity index (χ4n) is 2.76. The predicted molar refractivity (Wildman–Crippen MR) is 107 cm³/mol. The van der Waals surface area contributed by atoms with Crippen LogP contribution in [-0.4, -0.2) is 83.4 Å². The molecule has 0 unspecified atom stereocenters. The lowest BCUT2D eigenvalue weighted by Crippen LogP contribution is -2.24. The maximum atomic E-state index is 12.5. The SMILES string of the molecule is COCCOCCC(=O)C(=C/C=C/N1CCCCC1)C(=O)CCOCCOC. The Labute approximate surface area is 168 Å². The van der Waals surface area contributed by atoms with Gasteiger partial charge in [-0.2, -0.15) is 0 Å². The zero-order valence-electron chi connectivity index (χ0n) is 17.3. The molecule has 1 aliphatic rings. The maximum absolute atomic E-state index is 12.5. The lowest BCUT2D eigenvalue weighted by atomic mass is 10.0. The molecule has 1 heterocycles. The van der Waals surface area contributed by atoms with Gasteiger partial charge < -0.3 is 23.8 Å². The molecule has 0 aromatic rings. The van der Waals surface area contributed by atoms with E-state index in [9.17, 15) is 9.59 Å². The van der Waals surface area contributed by atoms with Crippen molar-refractivity contribution in [3.05, 3.63) is 23.9 Å². The van der Waals surface area contributed by atoms with Crippen LogP contribution in [0.25, 0.3) is 0 Å². The van der Waals surface area contributed by atoms with E-state index in [1.54, 1.807) is 26.4 Å². The second kappa shape index (κ2) is 16.4. The van der Waals surface area contributed by atoms with Gasteiger partial charge in [0.05, 0.1) is 45.2 Å². The molecule has 0 saturated carbocycles. The monoisotopic (exact) mass is 397 g/mol. The first-order valence-corrected chi connectivity index (χ1v) is 10.0. The van der Waals surface area contributed by atoms with Crippen LogP contribution in [-0.2, 0) is 28.5 Å². The third kappa shape index (κ3) is 11.3. The Balaban J connectivity index is 2.58. The largest absolute Gasteiger partial charge is 0.382 e. The molecular weight excluding hydrogens is 362 g/mol. The minimum absolute atomic E-state index is 0.170. The summed E-state index contributed by atoms with van der Waals surface area (Å²) in [5.74, 6) is -0.412. The molecule has 0 atom stereocenters. The van der Waals surface area contributed by atoms with Gasteiger partial charge in [0.15, 0.2) is 11.6 Å². The molecule has 0 amide bonds. The zero-order chi connectivity index (χ0) is 20.5. The van der Waals surface area contributed by atoms with Crippen LogP contribution in [0.1, 0.15) is 32.1 Å². The van der Waals surface area contributed by atoms with Gasteiger partial charge in [0.25, 0.3) is 0 Å². The van der Waals surface area contributed by atoms with Gasteiger partial charge in [-0.1, -0.05) is 0 Å². The third-order valence-electron chi connectivity index (χ3n) is 4.36. The summed E-state index contributed by atoms with van der Waals surface area (Å²) in [7, 11) is 3.19. The lowest BCUT2D eigenvalue weighted by Gasteiger charge is -2.24. The molecule has 160 valence electrons. The van der Waals surface area contributed by atoms with Crippen molar-refractivity contribution >= 4 is 11.6 Å². The third-order valence-corrected chi connectivity index (χ3v) is 4.36. The van der Waals surface area contributed by atoms with E-state index >= 15 is 0 Å². The molecule has 0 radical (unpaired) electrons. The number of rotatable bonds is 16. The molecule has 7 heteroatoms. The number of hydrogen-bond donors (Lipinski definition) is 0. The smallest absolute Gasteiger partial charge is 0.168 e. The van der Waals surface area contributed by atoms with Gasteiger partial charge in [0.2, 0.25) is 0 Å². The highest BCUT2D eigenvalue weighted by Gasteiger charge is 2.17. The first-order valence-electron chi connectivity index (χ1n) is 10.0. The summed E-state index contributed by atoms with van der Waals surface area (Å²) in [4.78, 5) is 27.3.